The molecule has 1 aliphatic carbocycles. The van der Waals surface area contributed by atoms with Gasteiger partial charge in [-0.1, -0.05) is 0 Å². The average molecular weight is 145 g/mol. The lowest BCUT2D eigenvalue weighted by Gasteiger charge is -2.03. The maximum atomic E-state index is 10.9. The molecule has 2 nitrogen and oxygen atoms in total. The zero-order valence-electron chi connectivity index (χ0n) is 6.16. The van der Waals surface area contributed by atoms with E-state index in [1.807, 2.05) is 6.92 Å². The van der Waals surface area contributed by atoms with Crippen molar-refractivity contribution in [2.45, 2.75) is 6.92 Å². The van der Waals surface area contributed by atoms with Crippen LogP contribution in [-0.4, -0.2) is 11.5 Å². The van der Waals surface area contributed by atoms with Gasteiger partial charge in [-0.2, -0.15) is 0 Å². The van der Waals surface area contributed by atoms with Crippen LogP contribution in [0.15, 0.2) is 40.6 Å². The molecule has 0 bridgehead atoms. The summed E-state index contributed by atoms with van der Waals surface area (Å²) in [5.74, 6) is 0.0496. The number of carbonyl (C=O) groups excluding carboxylic acids is 1. The van der Waals surface area contributed by atoms with Crippen LogP contribution in [0.5, 0.6) is 0 Å². The van der Waals surface area contributed by atoms with Gasteiger partial charge in [0.05, 0.1) is 5.71 Å². The van der Waals surface area contributed by atoms with Gasteiger partial charge in [-0.05, 0) is 30.7 Å². The van der Waals surface area contributed by atoms with Crippen molar-refractivity contribution in [3.05, 3.63) is 35.6 Å². The van der Waals surface area contributed by atoms with E-state index in [2.05, 4.69) is 4.99 Å². The van der Waals surface area contributed by atoms with Crippen molar-refractivity contribution in [1.82, 2.24) is 0 Å². The van der Waals surface area contributed by atoms with Gasteiger partial charge in [0.2, 0.25) is 0 Å². The number of aliphatic imine (C=N–C) groups is 1. The molecule has 11 heavy (non-hydrogen) atoms. The highest BCUT2D eigenvalue weighted by molar-refractivity contribution is 6.22. The van der Waals surface area contributed by atoms with E-state index >= 15 is 0 Å². The number of fused-ring (bicyclic) bond motifs is 1. The molecule has 2 rings (SSSR count). The predicted molar refractivity (Wildman–Crippen MR) is 43.4 cm³/mol. The van der Waals surface area contributed by atoms with Crippen molar-refractivity contribution in [1.29, 1.82) is 0 Å². The minimum absolute atomic E-state index is 0.0496. The molecule has 0 atom stereocenters. The van der Waals surface area contributed by atoms with E-state index in [1.165, 1.54) is 6.08 Å². The third kappa shape index (κ3) is 0.871. The summed E-state index contributed by atoms with van der Waals surface area (Å²) in [6.07, 6.45) is 6.70. The standard InChI is InChI=1S/C9H7NO/c1-6-5-10-9-3-2-7(11)4-8(6)9/h2-5H,1H3. The Morgan fingerprint density at radius 1 is 1.36 bits per heavy atom. The normalized spacial score (nSPS) is 20.8. The Balaban J connectivity index is 2.50. The van der Waals surface area contributed by atoms with Crippen LogP contribution >= 0.6 is 0 Å². The maximum Gasteiger partial charge on any atom is 0.179 e. The number of allylic oxidation sites excluding steroid dienone is 5. The average Bonchev–Trinajstić information content (AvgIpc) is 2.33. The Bertz CT molecular complexity index is 343. The number of rotatable bonds is 0. The van der Waals surface area contributed by atoms with Gasteiger partial charge >= 0.3 is 0 Å². The van der Waals surface area contributed by atoms with Gasteiger partial charge in [0.15, 0.2) is 5.78 Å². The molecule has 1 heterocycles. The Morgan fingerprint density at radius 2 is 2.18 bits per heavy atom. The lowest BCUT2D eigenvalue weighted by molar-refractivity contribution is -0.110. The van der Waals surface area contributed by atoms with Gasteiger partial charge in [0, 0.05) is 11.8 Å². The van der Waals surface area contributed by atoms with E-state index in [4.69, 9.17) is 0 Å². The van der Waals surface area contributed by atoms with Crippen LogP contribution in [0.2, 0.25) is 0 Å². The summed E-state index contributed by atoms with van der Waals surface area (Å²) < 4.78 is 0. The Morgan fingerprint density at radius 3 is 3.00 bits per heavy atom. The van der Waals surface area contributed by atoms with Crippen LogP contribution in [0, 0.1) is 0 Å². The summed E-state index contributed by atoms with van der Waals surface area (Å²) >= 11 is 0. The van der Waals surface area contributed by atoms with Crippen LogP contribution in [-0.2, 0) is 4.79 Å². The molecular formula is C9H7NO. The van der Waals surface area contributed by atoms with E-state index in [0.717, 1.165) is 16.9 Å². The molecule has 0 spiro atoms. The van der Waals surface area contributed by atoms with Gasteiger partial charge in [-0.25, -0.2) is 0 Å². The summed E-state index contributed by atoms with van der Waals surface area (Å²) in [5, 5.41) is 0. The third-order valence-electron chi connectivity index (χ3n) is 1.79. The molecule has 0 saturated heterocycles. The minimum atomic E-state index is 0.0496. The van der Waals surface area contributed by atoms with Gasteiger partial charge in [0.25, 0.3) is 0 Å². The first-order valence-electron chi connectivity index (χ1n) is 3.46. The number of hydrogen-bond acceptors (Lipinski definition) is 2. The molecule has 2 heteroatoms. The molecule has 0 aromatic carbocycles. The van der Waals surface area contributed by atoms with E-state index < -0.39 is 0 Å². The van der Waals surface area contributed by atoms with Crippen LogP contribution < -0.4 is 0 Å². The van der Waals surface area contributed by atoms with Crippen molar-refractivity contribution < 1.29 is 4.79 Å². The van der Waals surface area contributed by atoms with Gasteiger partial charge in [-0.15, -0.1) is 0 Å². The molecule has 0 fully saturated rings. The zero-order valence-corrected chi connectivity index (χ0v) is 6.16. The highest BCUT2D eigenvalue weighted by Crippen LogP contribution is 2.21. The fourth-order valence-electron chi connectivity index (χ4n) is 1.18. The van der Waals surface area contributed by atoms with Crippen molar-refractivity contribution in [3.8, 4) is 0 Å². The molecule has 0 N–H and O–H groups in total. The maximum absolute atomic E-state index is 10.9. The van der Waals surface area contributed by atoms with Gasteiger partial charge in [-0.3, -0.25) is 9.79 Å². The first-order valence-corrected chi connectivity index (χ1v) is 3.46. The van der Waals surface area contributed by atoms with E-state index in [1.54, 1.807) is 18.4 Å². The summed E-state index contributed by atoms with van der Waals surface area (Å²) in [6.45, 7) is 1.95. The monoisotopic (exact) mass is 145 g/mol. The van der Waals surface area contributed by atoms with Gasteiger partial charge in [0.1, 0.15) is 0 Å². The molecule has 0 unspecified atom stereocenters. The topological polar surface area (TPSA) is 29.4 Å². The number of nitrogens with zero attached hydrogens (tertiary/aromatic N) is 1. The summed E-state index contributed by atoms with van der Waals surface area (Å²) in [4.78, 5) is 15.0. The summed E-state index contributed by atoms with van der Waals surface area (Å²) in [7, 11) is 0. The SMILES string of the molecule is CC1=CN=C2C=CC(=O)C=C12. The fourth-order valence-corrected chi connectivity index (χ4v) is 1.18. The molecule has 0 amide bonds. The largest absolute Gasteiger partial charge is 0.290 e. The molecule has 0 radical (unpaired) electrons. The molecule has 0 aromatic rings. The molecule has 0 aromatic heterocycles. The second kappa shape index (κ2) is 2.02. The number of carbonyl (C=O) groups is 1. The summed E-state index contributed by atoms with van der Waals surface area (Å²) in [5.41, 5.74) is 2.94. The first kappa shape index (κ1) is 6.28. The van der Waals surface area contributed by atoms with Crippen molar-refractivity contribution in [3.63, 3.8) is 0 Å². The van der Waals surface area contributed by atoms with Crippen LogP contribution in [0.3, 0.4) is 0 Å². The lowest BCUT2D eigenvalue weighted by atomic mass is 9.99. The van der Waals surface area contributed by atoms with Crippen LogP contribution in [0.25, 0.3) is 0 Å². The zero-order chi connectivity index (χ0) is 7.84. The Labute approximate surface area is 64.6 Å². The second-order valence-corrected chi connectivity index (χ2v) is 2.62. The Kier molecular flexibility index (Phi) is 1.15. The fraction of sp³-hybridized carbons (Fsp3) is 0.111. The molecule has 54 valence electrons. The highest BCUT2D eigenvalue weighted by Gasteiger charge is 2.15. The molecule has 2 aliphatic rings. The van der Waals surface area contributed by atoms with E-state index in [0.29, 0.717) is 0 Å². The van der Waals surface area contributed by atoms with Crippen LogP contribution in [0.1, 0.15) is 6.92 Å². The van der Waals surface area contributed by atoms with Gasteiger partial charge < -0.3 is 0 Å². The smallest absolute Gasteiger partial charge is 0.179 e. The Hall–Kier alpha value is -1.44. The van der Waals surface area contributed by atoms with Crippen molar-refractivity contribution >= 4 is 11.5 Å². The number of hydrogen-bond donors (Lipinski definition) is 0. The molecule has 1 aliphatic heterocycles. The molecular weight excluding hydrogens is 138 g/mol. The van der Waals surface area contributed by atoms with Crippen molar-refractivity contribution in [2.75, 3.05) is 0 Å². The predicted octanol–water partition coefficient (Wildman–Crippen LogP) is 1.41. The van der Waals surface area contributed by atoms with Crippen LogP contribution in [0.4, 0.5) is 0 Å². The first-order chi connectivity index (χ1) is 5.27. The van der Waals surface area contributed by atoms with E-state index in [9.17, 15) is 4.79 Å². The van der Waals surface area contributed by atoms with Crippen molar-refractivity contribution in [2.24, 2.45) is 4.99 Å². The second-order valence-electron chi connectivity index (χ2n) is 2.62. The number of ketones is 1. The van der Waals surface area contributed by atoms with E-state index in [-0.39, 0.29) is 5.78 Å². The summed E-state index contributed by atoms with van der Waals surface area (Å²) in [6, 6.07) is 0. The third-order valence-corrected chi connectivity index (χ3v) is 1.79. The quantitative estimate of drug-likeness (QED) is 0.474. The minimum Gasteiger partial charge on any atom is -0.290 e. The lowest BCUT2D eigenvalue weighted by Crippen LogP contribution is -2.05. The molecule has 0 saturated carbocycles. The highest BCUT2D eigenvalue weighted by atomic mass is 16.1.